The predicted molar refractivity (Wildman–Crippen MR) is 87.3 cm³/mol. The van der Waals surface area contributed by atoms with Crippen LogP contribution in [0.1, 0.15) is 22.6 Å². The summed E-state index contributed by atoms with van der Waals surface area (Å²) in [5.74, 6) is 1.13. The maximum absolute atomic E-state index is 12.3. The van der Waals surface area contributed by atoms with E-state index >= 15 is 0 Å². The van der Waals surface area contributed by atoms with E-state index in [-0.39, 0.29) is 11.8 Å². The van der Waals surface area contributed by atoms with Crippen molar-refractivity contribution in [1.82, 2.24) is 10.3 Å². The third-order valence-electron chi connectivity index (χ3n) is 4.14. The monoisotopic (exact) mass is 316 g/mol. The molecule has 0 saturated carbocycles. The van der Waals surface area contributed by atoms with Gasteiger partial charge in [0, 0.05) is 17.3 Å². The van der Waals surface area contributed by atoms with Crippen molar-refractivity contribution in [2.75, 3.05) is 13.7 Å². The van der Waals surface area contributed by atoms with Crippen LogP contribution in [0.5, 0.6) is 5.75 Å². The van der Waals surface area contributed by atoms with Gasteiger partial charge in [0.25, 0.3) is 0 Å². The first-order chi connectivity index (χ1) is 10.8. The highest BCUT2D eigenvalue weighted by molar-refractivity contribution is 7.09. The first-order valence-corrected chi connectivity index (χ1v) is 8.46. The van der Waals surface area contributed by atoms with Crippen molar-refractivity contribution in [1.29, 1.82) is 0 Å². The average molecular weight is 316 g/mol. The molecule has 3 rings (SSSR count). The first kappa shape index (κ1) is 15.0. The molecule has 116 valence electrons. The number of thiazole rings is 1. The van der Waals surface area contributed by atoms with Gasteiger partial charge in [0.05, 0.1) is 18.3 Å². The van der Waals surface area contributed by atoms with Gasteiger partial charge in [0.15, 0.2) is 0 Å². The number of aryl methyl sites for hydroxylation is 1. The van der Waals surface area contributed by atoms with E-state index in [2.05, 4.69) is 10.3 Å². The summed E-state index contributed by atoms with van der Waals surface area (Å²) in [6.45, 7) is 0.644. The molecule has 2 aromatic rings. The number of carbonyl (C=O) groups excluding carboxylic acids is 1. The second-order valence-electron chi connectivity index (χ2n) is 5.51. The van der Waals surface area contributed by atoms with Crippen LogP contribution in [0.4, 0.5) is 0 Å². The normalized spacial score (nSPS) is 16.9. The lowest BCUT2D eigenvalue weighted by Gasteiger charge is -2.20. The molecular weight excluding hydrogens is 296 g/mol. The van der Waals surface area contributed by atoms with Gasteiger partial charge in [-0.3, -0.25) is 4.79 Å². The van der Waals surface area contributed by atoms with Crippen molar-refractivity contribution < 1.29 is 9.53 Å². The highest BCUT2D eigenvalue weighted by Gasteiger charge is 2.25. The molecule has 0 spiro atoms. The predicted octanol–water partition coefficient (Wildman–Crippen LogP) is 2.62. The van der Waals surface area contributed by atoms with E-state index in [4.69, 9.17) is 4.74 Å². The largest absolute Gasteiger partial charge is 0.496 e. The molecule has 0 saturated heterocycles. The number of carbonyl (C=O) groups is 1. The Bertz CT molecular complexity index is 654. The van der Waals surface area contributed by atoms with E-state index < -0.39 is 0 Å². The summed E-state index contributed by atoms with van der Waals surface area (Å²) < 4.78 is 5.33. The van der Waals surface area contributed by atoms with E-state index in [1.54, 1.807) is 18.4 Å². The minimum Gasteiger partial charge on any atom is -0.496 e. The lowest BCUT2D eigenvalue weighted by molar-refractivity contribution is -0.125. The Morgan fingerprint density at radius 2 is 2.32 bits per heavy atom. The number of rotatable bonds is 5. The van der Waals surface area contributed by atoms with E-state index in [1.165, 1.54) is 10.6 Å². The number of ether oxygens (including phenoxy) is 1. The maximum atomic E-state index is 12.3. The summed E-state index contributed by atoms with van der Waals surface area (Å²) in [6.07, 6.45) is 3.44. The molecule has 1 aromatic carbocycles. The molecule has 0 fully saturated rings. The summed E-state index contributed by atoms with van der Waals surface area (Å²) in [7, 11) is 1.67. The van der Waals surface area contributed by atoms with Crippen LogP contribution in [-0.2, 0) is 24.1 Å². The number of benzene rings is 1. The Hall–Kier alpha value is -1.88. The van der Waals surface area contributed by atoms with Crippen LogP contribution in [0.15, 0.2) is 29.8 Å². The summed E-state index contributed by atoms with van der Waals surface area (Å²) in [5, 5.41) is 3.06. The number of nitrogens with one attached hydrogen (secondary N) is 1. The molecule has 1 N–H and O–H groups in total. The van der Waals surface area contributed by atoms with E-state index in [0.29, 0.717) is 6.54 Å². The lowest BCUT2D eigenvalue weighted by Crippen LogP contribution is -2.35. The zero-order valence-corrected chi connectivity index (χ0v) is 13.5. The Morgan fingerprint density at radius 1 is 1.45 bits per heavy atom. The highest BCUT2D eigenvalue weighted by atomic mass is 32.1. The molecular formula is C17H20N2O2S. The van der Waals surface area contributed by atoms with Crippen LogP contribution < -0.4 is 10.1 Å². The second kappa shape index (κ2) is 6.92. The molecule has 0 aliphatic heterocycles. The summed E-state index contributed by atoms with van der Waals surface area (Å²) >= 11 is 1.66. The topological polar surface area (TPSA) is 51.2 Å². The number of para-hydroxylation sites is 1. The lowest BCUT2D eigenvalue weighted by atomic mass is 9.90. The van der Waals surface area contributed by atoms with E-state index in [1.807, 2.05) is 29.8 Å². The summed E-state index contributed by atoms with van der Waals surface area (Å²) in [6, 6.07) is 7.93. The van der Waals surface area contributed by atoms with E-state index in [9.17, 15) is 4.79 Å². The fourth-order valence-corrected chi connectivity index (χ4v) is 3.79. The van der Waals surface area contributed by atoms with Crippen molar-refractivity contribution in [3.8, 4) is 5.75 Å². The fourth-order valence-electron chi connectivity index (χ4n) is 2.90. The maximum Gasteiger partial charge on any atom is 0.223 e. The summed E-state index contributed by atoms with van der Waals surface area (Å²) in [4.78, 5) is 17.9. The number of aromatic nitrogens is 1. The SMILES string of the molecule is COc1ccccc1CCNC(=O)C1CCc2ncsc2C1. The van der Waals surface area contributed by atoms with Crippen LogP contribution >= 0.6 is 11.3 Å². The molecule has 1 amide bonds. The Kier molecular flexibility index (Phi) is 4.73. The van der Waals surface area contributed by atoms with Crippen molar-refractivity contribution in [3.63, 3.8) is 0 Å². The van der Waals surface area contributed by atoms with Gasteiger partial charge in [-0.25, -0.2) is 4.98 Å². The molecule has 1 atom stereocenters. The highest BCUT2D eigenvalue weighted by Crippen LogP contribution is 2.27. The van der Waals surface area contributed by atoms with Crippen molar-refractivity contribution in [2.45, 2.75) is 25.7 Å². The number of hydrogen-bond acceptors (Lipinski definition) is 4. The second-order valence-corrected chi connectivity index (χ2v) is 6.45. The fraction of sp³-hybridized carbons (Fsp3) is 0.412. The number of nitrogens with zero attached hydrogens (tertiary/aromatic N) is 1. The van der Waals surface area contributed by atoms with Gasteiger partial charge in [-0.2, -0.15) is 0 Å². The molecule has 1 aliphatic carbocycles. The summed E-state index contributed by atoms with van der Waals surface area (Å²) in [5.41, 5.74) is 4.19. The van der Waals surface area contributed by atoms with Gasteiger partial charge in [0.1, 0.15) is 5.75 Å². The Morgan fingerprint density at radius 3 is 3.18 bits per heavy atom. The van der Waals surface area contributed by atoms with Gasteiger partial charge in [-0.15, -0.1) is 11.3 Å². The molecule has 0 bridgehead atoms. The third-order valence-corrected chi connectivity index (χ3v) is 5.04. The van der Waals surface area contributed by atoms with Crippen LogP contribution in [0, 0.1) is 5.92 Å². The van der Waals surface area contributed by atoms with Gasteiger partial charge in [0.2, 0.25) is 5.91 Å². The standard InChI is InChI=1S/C17H20N2O2S/c1-21-15-5-3-2-4-12(15)8-9-18-17(20)13-6-7-14-16(10-13)22-11-19-14/h2-5,11,13H,6-10H2,1H3,(H,18,20). The molecule has 0 radical (unpaired) electrons. The minimum atomic E-state index is 0.0885. The average Bonchev–Trinajstić information content (AvgIpc) is 3.02. The van der Waals surface area contributed by atoms with Gasteiger partial charge in [-0.1, -0.05) is 18.2 Å². The van der Waals surface area contributed by atoms with Crippen molar-refractivity contribution in [2.24, 2.45) is 5.92 Å². The van der Waals surface area contributed by atoms with Gasteiger partial charge < -0.3 is 10.1 Å². The van der Waals surface area contributed by atoms with Crippen molar-refractivity contribution >= 4 is 17.2 Å². The van der Waals surface area contributed by atoms with Gasteiger partial charge >= 0.3 is 0 Å². The minimum absolute atomic E-state index is 0.0885. The molecule has 5 heteroatoms. The molecule has 4 nitrogen and oxygen atoms in total. The van der Waals surface area contributed by atoms with Crippen LogP contribution in [0.25, 0.3) is 0 Å². The quantitative estimate of drug-likeness (QED) is 0.922. The number of methoxy groups -OCH3 is 1. The molecule has 1 unspecified atom stereocenters. The molecule has 1 aromatic heterocycles. The number of amides is 1. The zero-order valence-electron chi connectivity index (χ0n) is 12.7. The van der Waals surface area contributed by atoms with Crippen molar-refractivity contribution in [3.05, 3.63) is 45.9 Å². The van der Waals surface area contributed by atoms with E-state index in [0.717, 1.165) is 37.0 Å². The number of hydrogen-bond donors (Lipinski definition) is 1. The van der Waals surface area contributed by atoms with Gasteiger partial charge in [-0.05, 0) is 37.3 Å². The molecule has 1 aliphatic rings. The Labute approximate surface area is 134 Å². The molecule has 22 heavy (non-hydrogen) atoms. The number of fused-ring (bicyclic) bond motifs is 1. The zero-order chi connectivity index (χ0) is 15.4. The molecule has 1 heterocycles. The third kappa shape index (κ3) is 3.30. The van der Waals surface area contributed by atoms with Crippen LogP contribution in [0.3, 0.4) is 0 Å². The first-order valence-electron chi connectivity index (χ1n) is 7.58. The smallest absolute Gasteiger partial charge is 0.223 e. The van der Waals surface area contributed by atoms with Crippen LogP contribution in [-0.4, -0.2) is 24.5 Å². The Balaban J connectivity index is 1.51. The van der Waals surface area contributed by atoms with Crippen LogP contribution in [0.2, 0.25) is 0 Å².